The number of carbonyl (C=O) groups excluding carboxylic acids is 2. The van der Waals surface area contributed by atoms with Crippen LogP contribution in [0.15, 0.2) is 34.9 Å². The van der Waals surface area contributed by atoms with E-state index in [4.69, 9.17) is 10.3 Å². The number of aromatic nitrogens is 2. The van der Waals surface area contributed by atoms with Crippen molar-refractivity contribution in [3.8, 4) is 0 Å². The maximum Gasteiger partial charge on any atom is 0.259 e. The summed E-state index contributed by atoms with van der Waals surface area (Å²) in [7, 11) is 0. The molecule has 35 heavy (non-hydrogen) atoms. The van der Waals surface area contributed by atoms with Gasteiger partial charge in [-0.05, 0) is 67.9 Å². The van der Waals surface area contributed by atoms with Gasteiger partial charge in [0, 0.05) is 42.0 Å². The van der Waals surface area contributed by atoms with E-state index in [9.17, 15) is 9.59 Å². The van der Waals surface area contributed by atoms with Crippen molar-refractivity contribution in [2.75, 3.05) is 23.3 Å². The molecule has 1 saturated carbocycles. The van der Waals surface area contributed by atoms with Gasteiger partial charge >= 0.3 is 0 Å². The number of carbonyl (C=O) groups is 2. The highest BCUT2D eigenvalue weighted by Crippen LogP contribution is 2.41. The van der Waals surface area contributed by atoms with E-state index in [0.29, 0.717) is 29.0 Å². The third-order valence-electron chi connectivity index (χ3n) is 6.86. The van der Waals surface area contributed by atoms with E-state index < -0.39 is 0 Å². The third-order valence-corrected chi connectivity index (χ3v) is 6.86. The molecule has 0 spiro atoms. The highest BCUT2D eigenvalue weighted by atomic mass is 16.5. The lowest BCUT2D eigenvalue weighted by atomic mass is 9.89. The molecule has 0 atom stereocenters. The molecule has 1 aromatic carbocycles. The van der Waals surface area contributed by atoms with Crippen molar-refractivity contribution in [2.45, 2.75) is 58.8 Å². The lowest BCUT2D eigenvalue weighted by Crippen LogP contribution is -2.38. The number of nitrogens with one attached hydrogen (secondary N) is 1. The number of benzene rings is 1. The highest BCUT2D eigenvalue weighted by molar-refractivity contribution is 6.12. The molecular weight excluding hydrogens is 442 g/mol. The standard InChI is InChI=1S/C27H33N5O3/c1-27(2,3)15-22-23-20(14-21(16-4-5-16)30-26(23)35-31-22)25(34)29-18-6-8-19(9-7-18)32-12-10-17(11-13-32)24(28)33/h6-9,14,16-17H,4-5,10-13,15H2,1-3H3,(H2,28,33)(H,29,34). The smallest absolute Gasteiger partial charge is 0.259 e. The van der Waals surface area contributed by atoms with Crippen LogP contribution in [0.1, 0.15) is 74.1 Å². The first kappa shape index (κ1) is 23.3. The Morgan fingerprint density at radius 3 is 2.40 bits per heavy atom. The van der Waals surface area contributed by atoms with Crippen LogP contribution in [0, 0.1) is 11.3 Å². The van der Waals surface area contributed by atoms with Crippen LogP contribution in [0.3, 0.4) is 0 Å². The average Bonchev–Trinajstić information content (AvgIpc) is 3.60. The van der Waals surface area contributed by atoms with Crippen LogP contribution < -0.4 is 16.0 Å². The number of anilines is 2. The molecule has 2 aliphatic rings. The molecule has 5 rings (SSSR count). The average molecular weight is 476 g/mol. The van der Waals surface area contributed by atoms with Crippen LogP contribution in [0.5, 0.6) is 0 Å². The summed E-state index contributed by atoms with van der Waals surface area (Å²) < 4.78 is 5.58. The Hall–Kier alpha value is -3.42. The first-order chi connectivity index (χ1) is 16.7. The van der Waals surface area contributed by atoms with Gasteiger partial charge < -0.3 is 20.5 Å². The minimum atomic E-state index is -0.212. The Bertz CT molecular complexity index is 1250. The molecule has 184 valence electrons. The Labute approximate surface area is 205 Å². The molecule has 3 N–H and O–H groups in total. The molecule has 0 unspecified atom stereocenters. The summed E-state index contributed by atoms with van der Waals surface area (Å²) in [6.07, 6.45) is 4.39. The van der Waals surface area contributed by atoms with E-state index in [1.807, 2.05) is 30.3 Å². The van der Waals surface area contributed by atoms with Crippen molar-refractivity contribution >= 4 is 34.3 Å². The second-order valence-corrected chi connectivity index (χ2v) is 11.1. The van der Waals surface area contributed by atoms with E-state index in [2.05, 4.69) is 41.1 Å². The minimum absolute atomic E-state index is 0.00550. The predicted molar refractivity (Wildman–Crippen MR) is 135 cm³/mol. The normalized spacial score (nSPS) is 17.1. The largest absolute Gasteiger partial charge is 0.371 e. The van der Waals surface area contributed by atoms with Crippen LogP contribution in [0.25, 0.3) is 11.1 Å². The van der Waals surface area contributed by atoms with E-state index in [0.717, 1.165) is 61.5 Å². The van der Waals surface area contributed by atoms with Crippen LogP contribution in [0.2, 0.25) is 0 Å². The molecule has 1 aliphatic heterocycles. The zero-order valence-corrected chi connectivity index (χ0v) is 20.6. The molecule has 2 aromatic heterocycles. The maximum atomic E-state index is 13.5. The molecule has 2 amide bonds. The van der Waals surface area contributed by atoms with E-state index in [-0.39, 0.29) is 23.1 Å². The van der Waals surface area contributed by atoms with Crippen molar-refractivity contribution in [3.63, 3.8) is 0 Å². The number of pyridine rings is 1. The van der Waals surface area contributed by atoms with E-state index in [1.54, 1.807) is 0 Å². The van der Waals surface area contributed by atoms with Gasteiger partial charge in [-0.3, -0.25) is 9.59 Å². The fraction of sp³-hybridized carbons (Fsp3) is 0.481. The van der Waals surface area contributed by atoms with E-state index in [1.165, 1.54) is 0 Å². The summed E-state index contributed by atoms with van der Waals surface area (Å²) in [5, 5.41) is 8.04. The maximum absolute atomic E-state index is 13.5. The Morgan fingerprint density at radius 1 is 1.11 bits per heavy atom. The fourth-order valence-electron chi connectivity index (χ4n) is 4.80. The summed E-state index contributed by atoms with van der Waals surface area (Å²) in [6, 6.07) is 9.75. The molecular formula is C27H33N5O3. The Morgan fingerprint density at radius 2 is 1.80 bits per heavy atom. The molecule has 1 aliphatic carbocycles. The number of hydrogen-bond acceptors (Lipinski definition) is 6. The zero-order chi connectivity index (χ0) is 24.7. The number of fused-ring (bicyclic) bond motifs is 1. The number of amides is 2. The Balaban J connectivity index is 1.36. The zero-order valence-electron chi connectivity index (χ0n) is 20.6. The minimum Gasteiger partial charge on any atom is -0.371 e. The van der Waals surface area contributed by atoms with Crippen molar-refractivity contribution in [1.82, 2.24) is 10.1 Å². The second kappa shape index (κ2) is 8.98. The monoisotopic (exact) mass is 475 g/mol. The molecule has 2 fully saturated rings. The number of rotatable bonds is 6. The van der Waals surface area contributed by atoms with Crippen molar-refractivity contribution in [3.05, 3.63) is 47.3 Å². The molecule has 8 heteroatoms. The highest BCUT2D eigenvalue weighted by Gasteiger charge is 2.30. The molecule has 0 radical (unpaired) electrons. The second-order valence-electron chi connectivity index (χ2n) is 11.1. The Kier molecular flexibility index (Phi) is 5.99. The number of nitrogens with two attached hydrogens (primary N) is 1. The van der Waals surface area contributed by atoms with Gasteiger partial charge in [0.05, 0.1) is 16.6 Å². The van der Waals surface area contributed by atoms with Gasteiger partial charge in [-0.15, -0.1) is 0 Å². The van der Waals surface area contributed by atoms with Gasteiger partial charge in [0.1, 0.15) is 0 Å². The van der Waals surface area contributed by atoms with Gasteiger partial charge in [-0.1, -0.05) is 25.9 Å². The molecule has 8 nitrogen and oxygen atoms in total. The molecule has 0 bridgehead atoms. The summed E-state index contributed by atoms with van der Waals surface area (Å²) in [5.74, 6) is -0.0489. The molecule has 3 aromatic rings. The number of primary amides is 1. The summed E-state index contributed by atoms with van der Waals surface area (Å²) in [4.78, 5) is 31.8. The topological polar surface area (TPSA) is 114 Å². The number of nitrogens with zero attached hydrogens (tertiary/aromatic N) is 3. The lowest BCUT2D eigenvalue weighted by Gasteiger charge is -2.32. The molecule has 1 saturated heterocycles. The summed E-state index contributed by atoms with van der Waals surface area (Å²) in [5.41, 5.74) is 9.90. The van der Waals surface area contributed by atoms with Crippen LogP contribution in [0.4, 0.5) is 11.4 Å². The van der Waals surface area contributed by atoms with Gasteiger partial charge in [-0.25, -0.2) is 4.98 Å². The van der Waals surface area contributed by atoms with Crippen molar-refractivity contribution < 1.29 is 14.1 Å². The summed E-state index contributed by atoms with van der Waals surface area (Å²) in [6.45, 7) is 8.00. The van der Waals surface area contributed by atoms with E-state index >= 15 is 0 Å². The fourth-order valence-corrected chi connectivity index (χ4v) is 4.80. The van der Waals surface area contributed by atoms with Gasteiger partial charge in [0.25, 0.3) is 11.6 Å². The van der Waals surface area contributed by atoms with Crippen molar-refractivity contribution in [2.24, 2.45) is 17.1 Å². The van der Waals surface area contributed by atoms with Gasteiger partial charge in [0.15, 0.2) is 0 Å². The summed E-state index contributed by atoms with van der Waals surface area (Å²) >= 11 is 0. The predicted octanol–water partition coefficient (Wildman–Crippen LogP) is 4.64. The first-order valence-corrected chi connectivity index (χ1v) is 12.4. The lowest BCUT2D eigenvalue weighted by molar-refractivity contribution is -0.122. The van der Waals surface area contributed by atoms with Gasteiger partial charge in [-0.2, -0.15) is 0 Å². The quantitative estimate of drug-likeness (QED) is 0.537. The van der Waals surface area contributed by atoms with Gasteiger partial charge in [0.2, 0.25) is 5.91 Å². The van der Waals surface area contributed by atoms with Crippen LogP contribution in [-0.2, 0) is 11.2 Å². The third kappa shape index (κ3) is 5.16. The number of hydrogen-bond donors (Lipinski definition) is 2. The van der Waals surface area contributed by atoms with Crippen LogP contribution >= 0.6 is 0 Å². The molecule has 3 heterocycles. The van der Waals surface area contributed by atoms with Crippen molar-refractivity contribution in [1.29, 1.82) is 0 Å². The number of piperidine rings is 1. The van der Waals surface area contributed by atoms with Crippen LogP contribution in [-0.4, -0.2) is 35.0 Å². The first-order valence-electron chi connectivity index (χ1n) is 12.4. The SMILES string of the molecule is CC(C)(C)Cc1noc2nc(C3CC3)cc(C(=O)Nc3ccc(N4CCC(C(N)=O)CC4)cc3)c12.